The van der Waals surface area contributed by atoms with Crippen molar-refractivity contribution in [3.63, 3.8) is 0 Å². The first-order valence-corrected chi connectivity index (χ1v) is 7.05. The van der Waals surface area contributed by atoms with Crippen LogP contribution in [-0.4, -0.2) is 36.4 Å². The van der Waals surface area contributed by atoms with Gasteiger partial charge in [0, 0.05) is 13.1 Å². The molecule has 2 heterocycles. The summed E-state index contributed by atoms with van der Waals surface area (Å²) >= 11 is 0. The van der Waals surface area contributed by atoms with Gasteiger partial charge in [-0.3, -0.25) is 0 Å². The molecule has 1 fully saturated rings. The summed E-state index contributed by atoms with van der Waals surface area (Å²) in [5, 5.41) is 12.0. The average molecular weight is 248 g/mol. The van der Waals surface area contributed by atoms with Gasteiger partial charge in [-0.15, -0.1) is 5.10 Å². The second-order valence-electron chi connectivity index (χ2n) is 5.19. The highest BCUT2D eigenvalue weighted by Gasteiger charge is 2.17. The van der Waals surface area contributed by atoms with Crippen LogP contribution in [0.4, 0.5) is 5.82 Å². The van der Waals surface area contributed by atoms with Gasteiger partial charge in [0.15, 0.2) is 5.82 Å². The van der Waals surface area contributed by atoms with Crippen LogP contribution in [0.5, 0.6) is 0 Å². The molecule has 1 aliphatic rings. The van der Waals surface area contributed by atoms with Gasteiger partial charge in [0.2, 0.25) is 0 Å². The highest BCUT2D eigenvalue weighted by atomic mass is 15.3. The summed E-state index contributed by atoms with van der Waals surface area (Å²) in [6.45, 7) is 8.67. The van der Waals surface area contributed by atoms with Crippen molar-refractivity contribution < 1.29 is 0 Å². The number of hydrogen-bond acceptors (Lipinski definition) is 4. The molecule has 1 saturated heterocycles. The van der Waals surface area contributed by atoms with Gasteiger partial charge >= 0.3 is 0 Å². The van der Waals surface area contributed by atoms with Gasteiger partial charge < -0.3 is 10.2 Å². The van der Waals surface area contributed by atoms with Crippen LogP contribution in [0.25, 0.3) is 0 Å². The van der Waals surface area contributed by atoms with Gasteiger partial charge in [-0.2, -0.15) is 5.10 Å². The summed E-state index contributed by atoms with van der Waals surface area (Å²) in [4.78, 5) is 2.38. The van der Waals surface area contributed by atoms with E-state index >= 15 is 0 Å². The first-order valence-electron chi connectivity index (χ1n) is 7.05. The first kappa shape index (κ1) is 13.3. The molecule has 0 spiro atoms. The second kappa shape index (κ2) is 6.69. The maximum absolute atomic E-state index is 4.32. The van der Waals surface area contributed by atoms with Crippen molar-refractivity contribution in [3.05, 3.63) is 17.8 Å². The Morgan fingerprint density at radius 2 is 2.28 bits per heavy atom. The fourth-order valence-corrected chi connectivity index (χ4v) is 2.52. The topological polar surface area (TPSA) is 41.0 Å². The van der Waals surface area contributed by atoms with E-state index in [2.05, 4.69) is 33.4 Å². The van der Waals surface area contributed by atoms with Crippen LogP contribution in [-0.2, 0) is 0 Å². The van der Waals surface area contributed by atoms with E-state index in [1.54, 1.807) is 0 Å². The monoisotopic (exact) mass is 248 g/mol. The fraction of sp³-hybridized carbons (Fsp3) is 0.714. The minimum atomic E-state index is 0.744. The molecule has 100 valence electrons. The summed E-state index contributed by atoms with van der Waals surface area (Å²) < 4.78 is 0. The van der Waals surface area contributed by atoms with Crippen LogP contribution in [0.15, 0.2) is 12.1 Å². The first-order chi connectivity index (χ1) is 8.79. The van der Waals surface area contributed by atoms with E-state index in [-0.39, 0.29) is 0 Å². The van der Waals surface area contributed by atoms with E-state index in [9.17, 15) is 0 Å². The summed E-state index contributed by atoms with van der Waals surface area (Å²) in [5.74, 6) is 1.77. The predicted octanol–water partition coefficient (Wildman–Crippen LogP) is 2.00. The van der Waals surface area contributed by atoms with Crippen molar-refractivity contribution in [1.29, 1.82) is 0 Å². The van der Waals surface area contributed by atoms with Gasteiger partial charge in [-0.25, -0.2) is 0 Å². The summed E-state index contributed by atoms with van der Waals surface area (Å²) in [7, 11) is 0. The summed E-state index contributed by atoms with van der Waals surface area (Å²) in [6, 6.07) is 4.14. The maximum Gasteiger partial charge on any atom is 0.151 e. The zero-order valence-electron chi connectivity index (χ0n) is 11.5. The lowest BCUT2D eigenvalue weighted by atomic mass is 9.99. The van der Waals surface area contributed by atoms with Gasteiger partial charge in [-0.05, 0) is 57.3 Å². The van der Waals surface area contributed by atoms with Crippen molar-refractivity contribution in [3.8, 4) is 0 Å². The number of nitrogens with one attached hydrogen (secondary N) is 1. The smallest absolute Gasteiger partial charge is 0.151 e. The molecule has 4 nitrogen and oxygen atoms in total. The van der Waals surface area contributed by atoms with E-state index in [1.165, 1.54) is 19.4 Å². The van der Waals surface area contributed by atoms with Gasteiger partial charge in [-0.1, -0.05) is 6.92 Å². The largest absolute Gasteiger partial charge is 0.355 e. The second-order valence-corrected chi connectivity index (χ2v) is 5.19. The van der Waals surface area contributed by atoms with Gasteiger partial charge in [0.05, 0.1) is 5.69 Å². The Morgan fingerprint density at radius 3 is 2.89 bits per heavy atom. The van der Waals surface area contributed by atoms with E-state index in [1.807, 2.05) is 13.0 Å². The molecule has 0 saturated carbocycles. The van der Waals surface area contributed by atoms with Crippen molar-refractivity contribution in [1.82, 2.24) is 15.5 Å². The zero-order valence-corrected chi connectivity index (χ0v) is 11.5. The normalized spacial score (nSPS) is 19.8. The van der Waals surface area contributed by atoms with E-state index < -0.39 is 0 Å². The molecule has 18 heavy (non-hydrogen) atoms. The Hall–Kier alpha value is -1.16. The number of rotatable bonds is 5. The minimum Gasteiger partial charge on any atom is -0.355 e. The maximum atomic E-state index is 4.32. The fourth-order valence-electron chi connectivity index (χ4n) is 2.52. The molecule has 1 aliphatic heterocycles. The van der Waals surface area contributed by atoms with Crippen LogP contribution in [0.3, 0.4) is 0 Å². The molecule has 1 N–H and O–H groups in total. The summed E-state index contributed by atoms with van der Waals surface area (Å²) in [6.07, 6.45) is 3.77. The number of hydrogen-bond donors (Lipinski definition) is 1. The van der Waals surface area contributed by atoms with Crippen molar-refractivity contribution in [2.45, 2.75) is 33.1 Å². The number of piperidine rings is 1. The van der Waals surface area contributed by atoms with Crippen LogP contribution < -0.4 is 10.2 Å². The molecule has 1 atom stereocenters. The van der Waals surface area contributed by atoms with Crippen molar-refractivity contribution in [2.24, 2.45) is 5.92 Å². The molecule has 0 radical (unpaired) electrons. The van der Waals surface area contributed by atoms with E-state index in [0.29, 0.717) is 0 Å². The predicted molar refractivity (Wildman–Crippen MR) is 74.9 cm³/mol. The third-order valence-electron chi connectivity index (χ3n) is 3.48. The standard InChI is InChI=1S/C14H24N4/c1-3-9-18(11-13-5-4-8-15-10-13)14-7-6-12(2)16-17-14/h6-7,13,15H,3-5,8-11H2,1-2H3. The molecule has 0 amide bonds. The number of anilines is 1. The third kappa shape index (κ3) is 3.67. The molecule has 2 rings (SSSR count). The number of aryl methyl sites for hydroxylation is 1. The molecular formula is C14H24N4. The van der Waals surface area contributed by atoms with Gasteiger partial charge in [0.25, 0.3) is 0 Å². The SMILES string of the molecule is CCCN(CC1CCCNC1)c1ccc(C)nn1. The van der Waals surface area contributed by atoms with Gasteiger partial charge in [0.1, 0.15) is 0 Å². The Kier molecular flexibility index (Phi) is 4.93. The Labute approximate surface area is 110 Å². The number of aromatic nitrogens is 2. The molecule has 1 unspecified atom stereocenters. The van der Waals surface area contributed by atoms with Crippen molar-refractivity contribution >= 4 is 5.82 Å². The molecule has 0 aromatic carbocycles. The quantitative estimate of drug-likeness (QED) is 0.865. The van der Waals surface area contributed by atoms with Crippen LogP contribution in [0, 0.1) is 12.8 Å². The molecule has 1 aromatic heterocycles. The minimum absolute atomic E-state index is 0.744. The lowest BCUT2D eigenvalue weighted by Crippen LogP contribution is -2.39. The zero-order chi connectivity index (χ0) is 12.8. The van der Waals surface area contributed by atoms with Crippen LogP contribution in [0.1, 0.15) is 31.9 Å². The van der Waals surface area contributed by atoms with Crippen molar-refractivity contribution in [2.75, 3.05) is 31.1 Å². The van der Waals surface area contributed by atoms with E-state index in [0.717, 1.165) is 43.5 Å². The lowest BCUT2D eigenvalue weighted by molar-refractivity contribution is 0.376. The Morgan fingerprint density at radius 1 is 1.39 bits per heavy atom. The molecule has 1 aromatic rings. The van der Waals surface area contributed by atoms with Crippen LogP contribution >= 0.6 is 0 Å². The molecule has 0 aliphatic carbocycles. The highest BCUT2D eigenvalue weighted by Crippen LogP contribution is 2.17. The third-order valence-corrected chi connectivity index (χ3v) is 3.48. The van der Waals surface area contributed by atoms with E-state index in [4.69, 9.17) is 0 Å². The molecule has 4 heteroatoms. The Balaban J connectivity index is 2.00. The van der Waals surface area contributed by atoms with Crippen LogP contribution in [0.2, 0.25) is 0 Å². The lowest BCUT2D eigenvalue weighted by Gasteiger charge is -2.30. The Bertz CT molecular complexity index is 343. The number of nitrogens with zero attached hydrogens (tertiary/aromatic N) is 3. The molecule has 0 bridgehead atoms. The average Bonchev–Trinajstić information content (AvgIpc) is 2.40. The molecular weight excluding hydrogens is 224 g/mol. The summed E-state index contributed by atoms with van der Waals surface area (Å²) in [5.41, 5.74) is 0.981. The highest BCUT2D eigenvalue weighted by molar-refractivity contribution is 5.37.